The van der Waals surface area contributed by atoms with Crippen LogP contribution in [0.25, 0.3) is 55.2 Å². The van der Waals surface area contributed by atoms with Gasteiger partial charge in [-0.15, -0.1) is 0 Å². The number of esters is 2. The Hall–Kier alpha value is -7.84. The van der Waals surface area contributed by atoms with Gasteiger partial charge in [0.2, 0.25) is 0 Å². The molecule has 0 spiro atoms. The van der Waals surface area contributed by atoms with Crippen LogP contribution in [0.15, 0.2) is 106 Å². The number of para-hydroxylation sites is 2. The first-order valence-electron chi connectivity index (χ1n) is 18.6. The third-order valence-corrected chi connectivity index (χ3v) is 10.6. The summed E-state index contributed by atoms with van der Waals surface area (Å²) in [7, 11) is 2.51. The molecule has 0 unspecified atom stereocenters. The van der Waals surface area contributed by atoms with E-state index in [9.17, 15) is 34.2 Å². The second-order valence-electron chi connectivity index (χ2n) is 13.9. The molecule has 0 saturated heterocycles. The molecule has 0 saturated carbocycles. The summed E-state index contributed by atoms with van der Waals surface area (Å²) in [5.74, 6) is -3.15. The van der Waals surface area contributed by atoms with E-state index in [0.717, 1.165) is 0 Å². The zero-order valence-electron chi connectivity index (χ0n) is 32.6. The Morgan fingerprint density at radius 2 is 1.33 bits per heavy atom. The molecule has 3 heterocycles. The summed E-state index contributed by atoms with van der Waals surface area (Å²) in [5.41, 5.74) is 2.88. The van der Waals surface area contributed by atoms with E-state index < -0.39 is 23.3 Å². The lowest BCUT2D eigenvalue weighted by Crippen LogP contribution is -2.15. The normalized spacial score (nSPS) is 11.2. The molecule has 0 fully saturated rings. The van der Waals surface area contributed by atoms with Crippen molar-refractivity contribution in [3.05, 3.63) is 146 Å². The van der Waals surface area contributed by atoms with Crippen molar-refractivity contribution in [2.45, 2.75) is 20.0 Å². The third kappa shape index (κ3) is 7.29. The lowest BCUT2D eigenvalue weighted by Gasteiger charge is -2.22. The maximum atomic E-state index is 13.9. The number of phenols is 1. The van der Waals surface area contributed by atoms with Crippen LogP contribution in [0.4, 0.5) is 11.4 Å². The average Bonchev–Trinajstić information content (AvgIpc) is 3.27. The van der Waals surface area contributed by atoms with Gasteiger partial charge in [-0.2, -0.15) is 0 Å². The van der Waals surface area contributed by atoms with Crippen LogP contribution in [0.3, 0.4) is 0 Å². The first-order chi connectivity index (χ1) is 29.4. The number of aromatic carboxylic acids is 1. The molecule has 61 heavy (non-hydrogen) atoms. The first-order valence-corrected chi connectivity index (χ1v) is 19.0. The number of hydrogen-bond acceptors (Lipinski definition) is 13. The average molecular weight is 837 g/mol. The van der Waals surface area contributed by atoms with E-state index in [-0.39, 0.29) is 80.2 Å². The quantitative estimate of drug-likeness (QED) is 0.0546. The van der Waals surface area contributed by atoms with Crippen molar-refractivity contribution < 1.29 is 43.3 Å². The summed E-state index contributed by atoms with van der Waals surface area (Å²) < 4.78 is 16.4. The molecular weight excluding hydrogens is 804 g/mol. The van der Waals surface area contributed by atoms with Crippen LogP contribution in [0.2, 0.25) is 5.02 Å². The van der Waals surface area contributed by atoms with E-state index in [1.54, 1.807) is 48.5 Å². The number of nitrogens with zero attached hydrogens (tertiary/aromatic N) is 2. The van der Waals surface area contributed by atoms with Crippen molar-refractivity contribution in [1.82, 2.24) is 9.97 Å². The molecule has 0 amide bonds. The van der Waals surface area contributed by atoms with E-state index in [1.807, 2.05) is 12.1 Å². The lowest BCUT2D eigenvalue weighted by molar-refractivity contribution is 0.0586. The van der Waals surface area contributed by atoms with Crippen LogP contribution in [0.1, 0.15) is 59.7 Å². The number of Topliss-reactive ketones (excluding diaryl/α,β-unsaturated/α-hetero) is 1. The molecule has 0 atom stereocenters. The molecule has 1 aliphatic heterocycles. The Kier molecular flexibility index (Phi) is 10.5. The smallest absolute Gasteiger partial charge is 0.356 e. The largest absolute Gasteiger partial charge is 0.506 e. The third-order valence-electron chi connectivity index (χ3n) is 10.3. The maximum absolute atomic E-state index is 13.9. The first kappa shape index (κ1) is 40.0. The highest BCUT2D eigenvalue weighted by molar-refractivity contribution is 6.33. The highest BCUT2D eigenvalue weighted by atomic mass is 35.5. The summed E-state index contributed by atoms with van der Waals surface area (Å²) in [6.07, 6.45) is 0. The van der Waals surface area contributed by atoms with E-state index in [0.29, 0.717) is 49.7 Å². The predicted octanol–water partition coefficient (Wildman–Crippen LogP) is 8.72. The van der Waals surface area contributed by atoms with Crippen LogP contribution < -0.4 is 16.1 Å². The van der Waals surface area contributed by atoms with Crippen LogP contribution in [0, 0.1) is 0 Å². The van der Waals surface area contributed by atoms with E-state index in [4.69, 9.17) is 25.5 Å². The van der Waals surface area contributed by atoms with Crippen molar-refractivity contribution in [3.63, 3.8) is 0 Å². The highest BCUT2D eigenvalue weighted by Crippen LogP contribution is 2.47. The minimum Gasteiger partial charge on any atom is -0.506 e. The molecule has 2 aliphatic rings. The summed E-state index contributed by atoms with van der Waals surface area (Å²) >= 11 is 6.76. The number of fused-ring (bicyclic) bond motifs is 4. The van der Waals surface area contributed by atoms with E-state index in [2.05, 4.69) is 20.6 Å². The molecule has 8 rings (SSSR count). The number of phenolic OH excluding ortho intramolecular Hbond substituents is 1. The molecule has 6 aromatic rings. The van der Waals surface area contributed by atoms with Crippen LogP contribution in [-0.2, 0) is 22.6 Å². The number of ether oxygens (including phenoxy) is 2. The maximum Gasteiger partial charge on any atom is 0.356 e. The number of ketones is 1. The number of rotatable bonds is 11. The van der Waals surface area contributed by atoms with Crippen molar-refractivity contribution >= 4 is 79.4 Å². The van der Waals surface area contributed by atoms with E-state index >= 15 is 0 Å². The number of carboxylic acids is 1. The van der Waals surface area contributed by atoms with Gasteiger partial charge in [-0.1, -0.05) is 48.0 Å². The monoisotopic (exact) mass is 836 g/mol. The molecule has 15 heteroatoms. The van der Waals surface area contributed by atoms with Crippen molar-refractivity contribution in [2.24, 2.45) is 0 Å². The Labute approximate surface area is 350 Å². The fourth-order valence-corrected chi connectivity index (χ4v) is 7.57. The number of halogens is 1. The van der Waals surface area contributed by atoms with E-state index in [1.165, 1.54) is 57.5 Å². The van der Waals surface area contributed by atoms with Gasteiger partial charge in [-0.05, 0) is 73.2 Å². The van der Waals surface area contributed by atoms with Gasteiger partial charge in [0.1, 0.15) is 28.5 Å². The number of methoxy groups -OCH3 is 2. The van der Waals surface area contributed by atoms with Crippen molar-refractivity contribution in [3.8, 4) is 28.2 Å². The van der Waals surface area contributed by atoms with Crippen LogP contribution in [0.5, 0.6) is 5.75 Å². The predicted molar refractivity (Wildman–Crippen MR) is 229 cm³/mol. The number of hydrogen-bond donors (Lipinski definition) is 4. The molecular formula is C46H33ClN4O10. The summed E-state index contributed by atoms with van der Waals surface area (Å²) in [6, 6.07) is 25.6. The summed E-state index contributed by atoms with van der Waals surface area (Å²) in [5, 5.41) is 29.9. The standard InChI is InChI=1S/C46H33ClN4O10/c1-22(52)26-13-10-25(44(55)56)18-28(26)38-27-14-17-37(53)30(20-48-33-8-4-6-23-11-15-35(45(57)59-2)50-39(23)33)42(27)61-43-29(38)19-32(47)41(54)31(43)21-49-34-9-5-7-24-12-16-36(46(58)60-3)51-40(24)34/h4-19,48-49,54H,20-21H2,1-3H3,(H,55,56). The fraction of sp³-hybridized carbons (Fsp3) is 0.109. The summed E-state index contributed by atoms with van der Waals surface area (Å²) in [6.45, 7) is 1.09. The van der Waals surface area contributed by atoms with Gasteiger partial charge in [0.25, 0.3) is 0 Å². The topological polar surface area (TPSA) is 207 Å². The van der Waals surface area contributed by atoms with Gasteiger partial charge in [-0.3, -0.25) is 9.59 Å². The van der Waals surface area contributed by atoms with Gasteiger partial charge in [0, 0.05) is 45.9 Å². The van der Waals surface area contributed by atoms with Crippen LogP contribution >= 0.6 is 11.6 Å². The number of aromatic nitrogens is 2. The lowest BCUT2D eigenvalue weighted by atomic mass is 9.87. The number of carbonyl (C=O) groups excluding carboxylic acids is 3. The van der Waals surface area contributed by atoms with Gasteiger partial charge in [-0.25, -0.2) is 24.4 Å². The number of carbonyl (C=O) groups is 4. The van der Waals surface area contributed by atoms with Crippen LogP contribution in [-0.4, -0.2) is 58.1 Å². The zero-order valence-corrected chi connectivity index (χ0v) is 33.3. The number of anilines is 2. The Balaban J connectivity index is 1.35. The number of aromatic hydroxyl groups is 1. The number of pyridine rings is 2. The minimum absolute atomic E-state index is 0.0666. The van der Waals surface area contributed by atoms with Gasteiger partial charge >= 0.3 is 17.9 Å². The molecule has 0 bridgehead atoms. The number of benzene rings is 5. The number of carboxylic acid groups (broad SMARTS) is 1. The van der Waals surface area contributed by atoms with Crippen molar-refractivity contribution in [2.75, 3.05) is 24.9 Å². The molecule has 1 aliphatic carbocycles. The number of nitrogens with one attached hydrogen (secondary N) is 2. The van der Waals surface area contributed by atoms with Crippen molar-refractivity contribution in [1.29, 1.82) is 0 Å². The second-order valence-corrected chi connectivity index (χ2v) is 14.3. The second kappa shape index (κ2) is 16.1. The summed E-state index contributed by atoms with van der Waals surface area (Å²) in [4.78, 5) is 73.2. The molecule has 2 aromatic heterocycles. The SMILES string of the molecule is COC(=O)c1ccc2cccc(NCc3c4oc5c(CNc6cccc7ccc(C(=O)OC)nc67)c(O)c(Cl)cc5c(-c5cc(C(=O)O)ccc5C(C)=O)c-4ccc3=O)c2n1. The Morgan fingerprint density at radius 3 is 1.89 bits per heavy atom. The Morgan fingerprint density at radius 1 is 0.738 bits per heavy atom. The van der Waals surface area contributed by atoms with Gasteiger partial charge in [0.05, 0.1) is 58.3 Å². The van der Waals surface area contributed by atoms with Gasteiger partial charge in [0.15, 0.2) is 11.2 Å². The molecule has 304 valence electrons. The Bertz CT molecular complexity index is 3180. The molecule has 4 N–H and O–H groups in total. The highest BCUT2D eigenvalue weighted by Gasteiger charge is 2.28. The minimum atomic E-state index is -1.24. The fourth-order valence-electron chi connectivity index (χ4n) is 7.34. The molecule has 0 radical (unpaired) electrons. The molecule has 14 nitrogen and oxygen atoms in total. The zero-order chi connectivity index (χ0) is 43.1. The molecule has 4 aromatic carbocycles. The van der Waals surface area contributed by atoms with Gasteiger partial charge < -0.3 is 34.7 Å².